The lowest BCUT2D eigenvalue weighted by atomic mass is 10.2. The summed E-state index contributed by atoms with van der Waals surface area (Å²) in [6, 6.07) is 19.0. The van der Waals surface area contributed by atoms with Gasteiger partial charge in [0.1, 0.15) is 0 Å². The Labute approximate surface area is 154 Å². The summed E-state index contributed by atoms with van der Waals surface area (Å²) in [7, 11) is 0. The number of hydrogen-bond acceptors (Lipinski definition) is 4. The topological polar surface area (TPSA) is 52.4 Å². The molecule has 0 saturated carbocycles. The van der Waals surface area contributed by atoms with Crippen molar-refractivity contribution in [3.63, 3.8) is 0 Å². The first-order chi connectivity index (χ1) is 12.7. The number of aromatic nitrogens is 6. The van der Waals surface area contributed by atoms with Crippen molar-refractivity contribution in [3.8, 4) is 0 Å². The van der Waals surface area contributed by atoms with E-state index in [4.69, 9.17) is 5.10 Å². The molecule has 2 aromatic carbocycles. The van der Waals surface area contributed by atoms with Gasteiger partial charge in [-0.05, 0) is 31.5 Å². The van der Waals surface area contributed by atoms with Crippen molar-refractivity contribution >= 4 is 34.4 Å². The summed E-state index contributed by atoms with van der Waals surface area (Å²) in [6.45, 7) is 4.35. The van der Waals surface area contributed by atoms with Crippen LogP contribution in [0.2, 0.25) is 0 Å². The highest BCUT2D eigenvalue weighted by molar-refractivity contribution is 7.98. The van der Waals surface area contributed by atoms with Gasteiger partial charge in [0.2, 0.25) is 10.9 Å². The molecular formula is C19H18N6S. The molecule has 130 valence electrons. The molecule has 5 aromatic rings. The van der Waals surface area contributed by atoms with Crippen LogP contribution in [0.15, 0.2) is 59.8 Å². The third-order valence-electron chi connectivity index (χ3n) is 4.51. The maximum atomic E-state index is 4.84. The Morgan fingerprint density at radius 2 is 1.62 bits per heavy atom. The maximum absolute atomic E-state index is 4.84. The molecule has 5 rings (SSSR count). The summed E-state index contributed by atoms with van der Waals surface area (Å²) in [5, 5.41) is 14.4. The Morgan fingerprint density at radius 1 is 0.885 bits per heavy atom. The molecule has 6 nitrogen and oxygen atoms in total. The van der Waals surface area contributed by atoms with E-state index in [2.05, 4.69) is 75.5 Å². The molecule has 0 saturated heterocycles. The zero-order valence-electron chi connectivity index (χ0n) is 14.6. The Hall–Kier alpha value is -2.80. The molecule has 3 aromatic heterocycles. The molecule has 0 aliphatic heterocycles. The van der Waals surface area contributed by atoms with Crippen LogP contribution in [-0.4, -0.2) is 28.8 Å². The van der Waals surface area contributed by atoms with Gasteiger partial charge in [0.15, 0.2) is 0 Å². The van der Waals surface area contributed by atoms with Crippen LogP contribution in [0.3, 0.4) is 0 Å². The standard InChI is InChI=1S/C19H18N6S/c1-13(2)23-15-10-6-7-11-16(15)24-17-20-21-19(25(17)22-18(23)24)26-12-14-8-4-3-5-9-14/h3-11,13H,12H2,1-2H3. The molecule has 0 unspecified atom stereocenters. The third kappa shape index (κ3) is 2.24. The zero-order valence-corrected chi connectivity index (χ0v) is 15.4. The van der Waals surface area contributed by atoms with Gasteiger partial charge in [0.05, 0.1) is 11.0 Å². The fourth-order valence-electron chi connectivity index (χ4n) is 3.37. The minimum Gasteiger partial charge on any atom is -0.306 e. The smallest absolute Gasteiger partial charge is 0.260 e. The van der Waals surface area contributed by atoms with Crippen molar-refractivity contribution in [2.75, 3.05) is 0 Å². The van der Waals surface area contributed by atoms with E-state index in [-0.39, 0.29) is 0 Å². The first kappa shape index (κ1) is 15.5. The molecule has 0 atom stereocenters. The second-order valence-corrected chi connectivity index (χ2v) is 7.50. The fourth-order valence-corrected chi connectivity index (χ4v) is 4.20. The van der Waals surface area contributed by atoms with Gasteiger partial charge in [0, 0.05) is 11.8 Å². The highest BCUT2D eigenvalue weighted by atomic mass is 32.2. The number of rotatable bonds is 4. The number of imidazole rings is 1. The lowest BCUT2D eigenvalue weighted by Crippen LogP contribution is -2.01. The van der Waals surface area contributed by atoms with Gasteiger partial charge in [0.25, 0.3) is 5.78 Å². The predicted octanol–water partition coefficient (Wildman–Crippen LogP) is 4.20. The van der Waals surface area contributed by atoms with Crippen LogP contribution < -0.4 is 0 Å². The van der Waals surface area contributed by atoms with Crippen molar-refractivity contribution in [1.29, 1.82) is 0 Å². The van der Waals surface area contributed by atoms with E-state index in [0.29, 0.717) is 6.04 Å². The summed E-state index contributed by atoms with van der Waals surface area (Å²) in [5.74, 6) is 2.49. The van der Waals surface area contributed by atoms with Crippen LogP contribution in [0.4, 0.5) is 0 Å². The van der Waals surface area contributed by atoms with Gasteiger partial charge in [-0.15, -0.1) is 15.3 Å². The molecule has 3 heterocycles. The Morgan fingerprint density at radius 3 is 2.38 bits per heavy atom. The average molecular weight is 362 g/mol. The second kappa shape index (κ2) is 5.88. The lowest BCUT2D eigenvalue weighted by molar-refractivity contribution is 0.628. The molecular weight excluding hydrogens is 344 g/mol. The Kier molecular flexibility index (Phi) is 3.49. The second-order valence-electron chi connectivity index (χ2n) is 6.56. The largest absolute Gasteiger partial charge is 0.306 e. The van der Waals surface area contributed by atoms with Crippen molar-refractivity contribution in [2.45, 2.75) is 30.8 Å². The van der Waals surface area contributed by atoms with Gasteiger partial charge in [-0.2, -0.15) is 4.52 Å². The Balaban J connectivity index is 1.66. The Bertz CT molecular complexity index is 1210. The lowest BCUT2D eigenvalue weighted by Gasteiger charge is -2.08. The summed E-state index contributed by atoms with van der Waals surface area (Å²) >= 11 is 1.65. The molecule has 7 heteroatoms. The summed E-state index contributed by atoms with van der Waals surface area (Å²) in [5.41, 5.74) is 3.52. The average Bonchev–Trinajstić information content (AvgIpc) is 3.29. The van der Waals surface area contributed by atoms with Crippen LogP contribution in [0, 0.1) is 0 Å². The number of nitrogens with zero attached hydrogens (tertiary/aromatic N) is 6. The minimum absolute atomic E-state index is 0.304. The first-order valence-corrected chi connectivity index (χ1v) is 9.62. The number of benzene rings is 2. The summed E-state index contributed by atoms with van der Waals surface area (Å²) < 4.78 is 6.19. The van der Waals surface area contributed by atoms with Gasteiger partial charge in [-0.1, -0.05) is 54.2 Å². The van der Waals surface area contributed by atoms with Gasteiger partial charge < -0.3 is 4.57 Å². The minimum atomic E-state index is 0.304. The summed E-state index contributed by atoms with van der Waals surface area (Å²) in [6.07, 6.45) is 0. The van der Waals surface area contributed by atoms with Crippen LogP contribution in [0.5, 0.6) is 0 Å². The van der Waals surface area contributed by atoms with Gasteiger partial charge in [-0.25, -0.2) is 4.40 Å². The van der Waals surface area contributed by atoms with E-state index >= 15 is 0 Å². The van der Waals surface area contributed by atoms with E-state index < -0.39 is 0 Å². The predicted molar refractivity (Wildman–Crippen MR) is 104 cm³/mol. The van der Waals surface area contributed by atoms with Gasteiger partial charge >= 0.3 is 0 Å². The number of hydrogen-bond donors (Lipinski definition) is 0. The quantitative estimate of drug-likeness (QED) is 0.450. The highest BCUT2D eigenvalue weighted by Crippen LogP contribution is 2.28. The van der Waals surface area contributed by atoms with Crippen LogP contribution in [0.1, 0.15) is 25.5 Å². The number of thioether (sulfide) groups is 1. The van der Waals surface area contributed by atoms with Crippen molar-refractivity contribution < 1.29 is 0 Å². The van der Waals surface area contributed by atoms with E-state index in [1.807, 2.05) is 16.6 Å². The van der Waals surface area contributed by atoms with Gasteiger partial charge in [-0.3, -0.25) is 0 Å². The van der Waals surface area contributed by atoms with E-state index in [1.165, 1.54) is 5.56 Å². The SMILES string of the molecule is CC(C)n1c2ccccc2n2c1nn1c(SCc3ccccc3)nnc12. The molecule has 0 radical (unpaired) electrons. The molecule has 0 aliphatic rings. The molecule has 0 N–H and O–H groups in total. The normalized spacial score (nSPS) is 12.1. The van der Waals surface area contributed by atoms with Crippen LogP contribution >= 0.6 is 11.8 Å². The van der Waals surface area contributed by atoms with Crippen molar-refractivity contribution in [3.05, 3.63) is 60.2 Å². The molecule has 0 fully saturated rings. The molecule has 0 aliphatic carbocycles. The summed E-state index contributed by atoms with van der Waals surface area (Å²) in [4.78, 5) is 0. The van der Waals surface area contributed by atoms with Crippen molar-refractivity contribution in [2.24, 2.45) is 0 Å². The van der Waals surface area contributed by atoms with E-state index in [1.54, 1.807) is 11.8 Å². The zero-order chi connectivity index (χ0) is 17.7. The monoisotopic (exact) mass is 362 g/mol. The highest BCUT2D eigenvalue weighted by Gasteiger charge is 2.20. The number of para-hydroxylation sites is 2. The molecule has 26 heavy (non-hydrogen) atoms. The fraction of sp³-hybridized carbons (Fsp3) is 0.211. The van der Waals surface area contributed by atoms with E-state index in [0.717, 1.165) is 33.5 Å². The third-order valence-corrected chi connectivity index (χ3v) is 5.50. The first-order valence-electron chi connectivity index (χ1n) is 8.63. The van der Waals surface area contributed by atoms with Crippen molar-refractivity contribution in [1.82, 2.24) is 28.8 Å². The molecule has 0 amide bonds. The maximum Gasteiger partial charge on any atom is 0.260 e. The van der Waals surface area contributed by atoms with Crippen LogP contribution in [0.25, 0.3) is 22.6 Å². The number of fused-ring (bicyclic) bond motifs is 5. The molecule has 0 bridgehead atoms. The van der Waals surface area contributed by atoms with E-state index in [9.17, 15) is 0 Å². The van der Waals surface area contributed by atoms with Crippen LogP contribution in [-0.2, 0) is 5.75 Å². The molecule has 0 spiro atoms.